The summed E-state index contributed by atoms with van der Waals surface area (Å²) in [7, 11) is 0. The first kappa shape index (κ1) is 13.3. The molecule has 0 saturated heterocycles. The second kappa shape index (κ2) is 5.26. The van der Waals surface area contributed by atoms with E-state index in [1.54, 1.807) is 0 Å². The second-order valence-electron chi connectivity index (χ2n) is 4.59. The summed E-state index contributed by atoms with van der Waals surface area (Å²) in [6, 6.07) is 4.03. The maximum absolute atomic E-state index is 13.2. The molecule has 0 atom stereocenters. The average molecular weight is 266 g/mol. The molecule has 6 heteroatoms. The van der Waals surface area contributed by atoms with Crippen molar-refractivity contribution in [2.45, 2.75) is 25.3 Å². The third kappa shape index (κ3) is 3.21. The number of anilines is 1. The summed E-state index contributed by atoms with van der Waals surface area (Å²) in [5, 5.41) is 8.76. The summed E-state index contributed by atoms with van der Waals surface area (Å²) in [6.45, 7) is 0.284. The molecule has 1 aromatic carbocycles. The normalized spacial score (nSPS) is 14.2. The van der Waals surface area contributed by atoms with Crippen molar-refractivity contribution in [3.63, 3.8) is 0 Å². The lowest BCUT2D eigenvalue weighted by Gasteiger charge is -2.25. The van der Waals surface area contributed by atoms with Crippen LogP contribution >= 0.6 is 0 Å². The summed E-state index contributed by atoms with van der Waals surface area (Å²) < 4.78 is 13.2. The third-order valence-corrected chi connectivity index (χ3v) is 3.09. The molecule has 0 radical (unpaired) electrons. The molecule has 1 fully saturated rings. The van der Waals surface area contributed by atoms with E-state index < -0.39 is 17.7 Å². The molecule has 0 aromatic heterocycles. The van der Waals surface area contributed by atoms with E-state index in [9.17, 15) is 14.0 Å². The van der Waals surface area contributed by atoms with Crippen molar-refractivity contribution in [2.24, 2.45) is 5.73 Å². The van der Waals surface area contributed by atoms with Gasteiger partial charge in [0, 0.05) is 18.3 Å². The minimum absolute atomic E-state index is 0.0356. The SMILES string of the molecule is NC(=O)c1cc(F)ccc1N(CCC(=O)O)C1CC1. The van der Waals surface area contributed by atoms with E-state index in [1.165, 1.54) is 12.1 Å². The van der Waals surface area contributed by atoms with Crippen molar-refractivity contribution >= 4 is 17.6 Å². The highest BCUT2D eigenvalue weighted by atomic mass is 19.1. The molecule has 1 aliphatic carbocycles. The molecule has 1 aromatic rings. The minimum atomic E-state index is -0.909. The number of primary amides is 1. The van der Waals surface area contributed by atoms with Crippen LogP contribution in [0.3, 0.4) is 0 Å². The Morgan fingerprint density at radius 2 is 2.11 bits per heavy atom. The van der Waals surface area contributed by atoms with Crippen LogP contribution in [0, 0.1) is 5.82 Å². The number of carbonyl (C=O) groups is 2. The minimum Gasteiger partial charge on any atom is -0.481 e. The van der Waals surface area contributed by atoms with E-state index in [-0.39, 0.29) is 24.6 Å². The highest BCUT2D eigenvalue weighted by molar-refractivity contribution is 5.98. The number of hydrogen-bond donors (Lipinski definition) is 2. The van der Waals surface area contributed by atoms with Crippen LogP contribution in [0.15, 0.2) is 18.2 Å². The van der Waals surface area contributed by atoms with Crippen molar-refractivity contribution in [3.8, 4) is 0 Å². The van der Waals surface area contributed by atoms with Crippen LogP contribution in [-0.2, 0) is 4.79 Å². The lowest BCUT2D eigenvalue weighted by molar-refractivity contribution is -0.136. The number of halogens is 1. The van der Waals surface area contributed by atoms with Gasteiger partial charge in [0.15, 0.2) is 0 Å². The molecule has 102 valence electrons. The first-order chi connectivity index (χ1) is 8.99. The van der Waals surface area contributed by atoms with Gasteiger partial charge in [0.2, 0.25) is 0 Å². The van der Waals surface area contributed by atoms with Crippen molar-refractivity contribution in [1.82, 2.24) is 0 Å². The lowest BCUT2D eigenvalue weighted by atomic mass is 10.1. The fraction of sp³-hybridized carbons (Fsp3) is 0.385. The van der Waals surface area contributed by atoms with Crippen molar-refractivity contribution in [2.75, 3.05) is 11.4 Å². The van der Waals surface area contributed by atoms with E-state index >= 15 is 0 Å². The van der Waals surface area contributed by atoms with Crippen molar-refractivity contribution in [1.29, 1.82) is 0 Å². The van der Waals surface area contributed by atoms with E-state index in [0.717, 1.165) is 18.9 Å². The van der Waals surface area contributed by atoms with Crippen molar-refractivity contribution < 1.29 is 19.1 Å². The van der Waals surface area contributed by atoms with Gasteiger partial charge in [-0.05, 0) is 31.0 Å². The maximum atomic E-state index is 13.2. The fourth-order valence-electron chi connectivity index (χ4n) is 2.06. The number of nitrogens with zero attached hydrogens (tertiary/aromatic N) is 1. The number of amides is 1. The van der Waals surface area contributed by atoms with Gasteiger partial charge in [-0.1, -0.05) is 0 Å². The first-order valence-corrected chi connectivity index (χ1v) is 6.07. The Balaban J connectivity index is 2.30. The lowest BCUT2D eigenvalue weighted by Crippen LogP contribution is -2.30. The maximum Gasteiger partial charge on any atom is 0.305 e. The number of benzene rings is 1. The predicted molar refractivity (Wildman–Crippen MR) is 67.5 cm³/mol. The Hall–Kier alpha value is -2.11. The van der Waals surface area contributed by atoms with E-state index in [0.29, 0.717) is 5.69 Å². The summed E-state index contributed by atoms with van der Waals surface area (Å²) in [5.41, 5.74) is 5.86. The summed E-state index contributed by atoms with van der Waals surface area (Å²) in [4.78, 5) is 23.9. The zero-order valence-electron chi connectivity index (χ0n) is 10.3. The number of aliphatic carboxylic acids is 1. The van der Waals surface area contributed by atoms with Gasteiger partial charge in [0.05, 0.1) is 12.0 Å². The van der Waals surface area contributed by atoms with E-state index in [2.05, 4.69) is 0 Å². The molecule has 0 bridgehead atoms. The predicted octanol–water partition coefficient (Wildman–Crippen LogP) is 1.37. The third-order valence-electron chi connectivity index (χ3n) is 3.09. The molecule has 0 spiro atoms. The molecule has 3 N–H and O–H groups in total. The Morgan fingerprint density at radius 3 is 2.63 bits per heavy atom. The zero-order valence-corrected chi connectivity index (χ0v) is 10.3. The van der Waals surface area contributed by atoms with Gasteiger partial charge in [-0.25, -0.2) is 4.39 Å². The summed E-state index contributed by atoms with van der Waals surface area (Å²) in [5.74, 6) is -2.16. The van der Waals surface area contributed by atoms with E-state index in [1.807, 2.05) is 4.90 Å². The smallest absolute Gasteiger partial charge is 0.305 e. The molecule has 5 nitrogen and oxygen atoms in total. The average Bonchev–Trinajstić information content (AvgIpc) is 3.14. The monoisotopic (exact) mass is 266 g/mol. The van der Waals surface area contributed by atoms with E-state index in [4.69, 9.17) is 10.8 Å². The molecule has 2 rings (SSSR count). The van der Waals surface area contributed by atoms with Gasteiger partial charge in [-0.3, -0.25) is 9.59 Å². The van der Waals surface area contributed by atoms with Crippen LogP contribution in [-0.4, -0.2) is 29.6 Å². The number of hydrogen-bond acceptors (Lipinski definition) is 3. The number of nitrogens with two attached hydrogens (primary N) is 1. The van der Waals surface area contributed by atoms with Crippen LogP contribution in [0.5, 0.6) is 0 Å². The number of carboxylic acids is 1. The second-order valence-corrected chi connectivity index (χ2v) is 4.59. The molecular formula is C13H15FN2O3. The van der Waals surface area contributed by atoms with Crippen LogP contribution in [0.1, 0.15) is 29.6 Å². The van der Waals surface area contributed by atoms with Crippen LogP contribution in [0.2, 0.25) is 0 Å². The molecule has 19 heavy (non-hydrogen) atoms. The van der Waals surface area contributed by atoms with Crippen LogP contribution < -0.4 is 10.6 Å². The zero-order chi connectivity index (χ0) is 14.0. The van der Waals surface area contributed by atoms with Gasteiger partial charge in [0.25, 0.3) is 5.91 Å². The Morgan fingerprint density at radius 1 is 1.42 bits per heavy atom. The first-order valence-electron chi connectivity index (χ1n) is 6.07. The standard InChI is InChI=1S/C13H15FN2O3/c14-8-1-4-11(10(7-8)13(15)19)16(9-2-3-9)6-5-12(17)18/h1,4,7,9H,2-3,5-6H2,(H2,15,19)(H,17,18). The Kier molecular flexibility index (Phi) is 3.69. The fourth-order valence-corrected chi connectivity index (χ4v) is 2.06. The van der Waals surface area contributed by atoms with Crippen molar-refractivity contribution in [3.05, 3.63) is 29.6 Å². The number of carboxylic acid groups (broad SMARTS) is 1. The Bertz CT molecular complexity index is 515. The highest BCUT2D eigenvalue weighted by Crippen LogP contribution is 2.34. The molecule has 1 aliphatic rings. The molecular weight excluding hydrogens is 251 g/mol. The molecule has 1 amide bonds. The summed E-state index contributed by atoms with van der Waals surface area (Å²) in [6.07, 6.45) is 1.84. The van der Waals surface area contributed by atoms with Crippen LogP contribution in [0.4, 0.5) is 10.1 Å². The van der Waals surface area contributed by atoms with Gasteiger partial charge in [-0.15, -0.1) is 0 Å². The van der Waals surface area contributed by atoms with Gasteiger partial charge < -0.3 is 15.7 Å². The number of rotatable bonds is 6. The highest BCUT2D eigenvalue weighted by Gasteiger charge is 2.31. The molecule has 0 aliphatic heterocycles. The molecule has 0 heterocycles. The quantitative estimate of drug-likeness (QED) is 0.814. The van der Waals surface area contributed by atoms with Crippen LogP contribution in [0.25, 0.3) is 0 Å². The largest absolute Gasteiger partial charge is 0.481 e. The topological polar surface area (TPSA) is 83.6 Å². The summed E-state index contributed by atoms with van der Waals surface area (Å²) >= 11 is 0. The molecule has 0 unspecified atom stereocenters. The Labute approximate surface area is 109 Å². The van der Waals surface area contributed by atoms with Gasteiger partial charge in [0.1, 0.15) is 5.82 Å². The number of carbonyl (C=O) groups excluding carboxylic acids is 1. The van der Waals surface area contributed by atoms with Gasteiger partial charge in [-0.2, -0.15) is 0 Å². The van der Waals surface area contributed by atoms with Gasteiger partial charge >= 0.3 is 5.97 Å². The molecule has 1 saturated carbocycles.